The standard InChI is InChI=1S/C11H10F2N2O3/c1-6-5-11(18,10(16)17)15(14-6)7-2-3-8(12)9(13)4-7/h2-4,18H,5H2,1H3,(H,16,17). The molecule has 1 aliphatic heterocycles. The van der Waals surface area contributed by atoms with E-state index in [2.05, 4.69) is 5.10 Å². The van der Waals surface area contributed by atoms with Crippen LogP contribution in [0.4, 0.5) is 14.5 Å². The van der Waals surface area contributed by atoms with Crippen molar-refractivity contribution in [2.75, 3.05) is 5.01 Å². The zero-order valence-electron chi connectivity index (χ0n) is 9.39. The molecule has 1 aromatic rings. The molecule has 96 valence electrons. The van der Waals surface area contributed by atoms with E-state index in [-0.39, 0.29) is 12.1 Å². The van der Waals surface area contributed by atoms with Gasteiger partial charge in [-0.05, 0) is 19.1 Å². The Morgan fingerprint density at radius 3 is 2.67 bits per heavy atom. The van der Waals surface area contributed by atoms with E-state index in [1.54, 1.807) is 0 Å². The van der Waals surface area contributed by atoms with E-state index >= 15 is 0 Å². The summed E-state index contributed by atoms with van der Waals surface area (Å²) in [5.74, 6) is -3.70. The first-order chi connectivity index (χ1) is 8.34. The number of nitrogens with zero attached hydrogens (tertiary/aromatic N) is 2. The predicted octanol–water partition coefficient (Wildman–Crippen LogP) is 1.32. The van der Waals surface area contributed by atoms with Crippen molar-refractivity contribution in [3.8, 4) is 0 Å². The van der Waals surface area contributed by atoms with Crippen LogP contribution in [0.15, 0.2) is 23.3 Å². The van der Waals surface area contributed by atoms with E-state index in [1.165, 1.54) is 6.92 Å². The molecule has 0 fully saturated rings. The number of aliphatic hydroxyl groups is 1. The number of rotatable bonds is 2. The third kappa shape index (κ3) is 1.82. The van der Waals surface area contributed by atoms with Crippen molar-refractivity contribution in [2.45, 2.75) is 19.1 Å². The minimum absolute atomic E-state index is 0.0318. The summed E-state index contributed by atoms with van der Waals surface area (Å²) < 4.78 is 25.9. The number of carbonyl (C=O) groups is 1. The monoisotopic (exact) mass is 256 g/mol. The molecule has 1 atom stereocenters. The first kappa shape index (κ1) is 12.4. The van der Waals surface area contributed by atoms with Gasteiger partial charge >= 0.3 is 5.97 Å². The molecular formula is C11H10F2N2O3. The summed E-state index contributed by atoms with van der Waals surface area (Å²) >= 11 is 0. The summed E-state index contributed by atoms with van der Waals surface area (Å²) in [6, 6.07) is 2.77. The Balaban J connectivity index is 2.47. The lowest BCUT2D eigenvalue weighted by Crippen LogP contribution is -2.50. The number of hydrogen-bond acceptors (Lipinski definition) is 4. The second-order valence-corrected chi connectivity index (χ2v) is 4.04. The second kappa shape index (κ2) is 4.02. The maximum absolute atomic E-state index is 13.1. The molecule has 0 radical (unpaired) electrons. The molecule has 0 aromatic heterocycles. The normalized spacial score (nSPS) is 23.1. The van der Waals surface area contributed by atoms with Gasteiger partial charge in [0.05, 0.1) is 5.69 Å². The van der Waals surface area contributed by atoms with Gasteiger partial charge in [-0.2, -0.15) is 5.10 Å². The highest BCUT2D eigenvalue weighted by Gasteiger charge is 2.47. The van der Waals surface area contributed by atoms with Crippen LogP contribution in [0.2, 0.25) is 0 Å². The van der Waals surface area contributed by atoms with Crippen LogP contribution in [0.3, 0.4) is 0 Å². The van der Waals surface area contributed by atoms with E-state index in [9.17, 15) is 18.7 Å². The van der Waals surface area contributed by atoms with Crippen molar-refractivity contribution in [1.29, 1.82) is 0 Å². The zero-order valence-corrected chi connectivity index (χ0v) is 9.39. The minimum Gasteiger partial charge on any atom is -0.478 e. The van der Waals surface area contributed by atoms with E-state index in [1.807, 2.05) is 0 Å². The number of hydrazone groups is 1. The Bertz CT molecular complexity index is 547. The average Bonchev–Trinajstić information content (AvgIpc) is 2.59. The van der Waals surface area contributed by atoms with E-state index < -0.39 is 23.3 Å². The molecule has 0 aliphatic carbocycles. The fourth-order valence-electron chi connectivity index (χ4n) is 1.77. The van der Waals surface area contributed by atoms with Gasteiger partial charge in [0.25, 0.3) is 5.72 Å². The minimum atomic E-state index is -2.27. The fourth-order valence-corrected chi connectivity index (χ4v) is 1.77. The van der Waals surface area contributed by atoms with Crippen molar-refractivity contribution in [1.82, 2.24) is 0 Å². The molecule has 1 unspecified atom stereocenters. The van der Waals surface area contributed by atoms with Gasteiger partial charge < -0.3 is 10.2 Å². The molecule has 0 amide bonds. The Morgan fingerprint density at radius 1 is 1.44 bits per heavy atom. The van der Waals surface area contributed by atoms with Crippen molar-refractivity contribution in [3.05, 3.63) is 29.8 Å². The summed E-state index contributed by atoms with van der Waals surface area (Å²) in [5.41, 5.74) is -1.92. The van der Waals surface area contributed by atoms with Crippen LogP contribution in [0, 0.1) is 11.6 Å². The number of anilines is 1. The summed E-state index contributed by atoms with van der Waals surface area (Å²) in [6.45, 7) is 1.54. The SMILES string of the molecule is CC1=NN(c2ccc(F)c(F)c2)C(O)(C(=O)O)C1. The number of halogens is 2. The van der Waals surface area contributed by atoms with Gasteiger partial charge in [0, 0.05) is 18.2 Å². The molecule has 2 N–H and O–H groups in total. The van der Waals surface area contributed by atoms with Crippen LogP contribution in [-0.4, -0.2) is 27.6 Å². The van der Waals surface area contributed by atoms with Crippen LogP contribution in [0.25, 0.3) is 0 Å². The highest BCUT2D eigenvalue weighted by molar-refractivity contribution is 5.96. The molecule has 0 saturated heterocycles. The number of carboxylic acids is 1. The van der Waals surface area contributed by atoms with Gasteiger partial charge in [-0.3, -0.25) is 0 Å². The maximum atomic E-state index is 13.1. The summed E-state index contributed by atoms with van der Waals surface area (Å²) in [6.07, 6.45) is -0.207. The van der Waals surface area contributed by atoms with Gasteiger partial charge in [0.15, 0.2) is 11.6 Å². The van der Waals surface area contributed by atoms with Crippen LogP contribution in [0.1, 0.15) is 13.3 Å². The molecule has 2 rings (SSSR count). The van der Waals surface area contributed by atoms with E-state index in [0.717, 1.165) is 23.2 Å². The average molecular weight is 256 g/mol. The van der Waals surface area contributed by atoms with Gasteiger partial charge in [0.1, 0.15) is 0 Å². The summed E-state index contributed by atoms with van der Waals surface area (Å²) in [5, 5.41) is 23.6. The lowest BCUT2D eigenvalue weighted by molar-refractivity contribution is -0.157. The number of benzene rings is 1. The third-order valence-corrected chi connectivity index (χ3v) is 2.61. The maximum Gasteiger partial charge on any atom is 0.359 e. The largest absolute Gasteiger partial charge is 0.478 e. The highest BCUT2D eigenvalue weighted by atomic mass is 19.2. The second-order valence-electron chi connectivity index (χ2n) is 4.04. The smallest absolute Gasteiger partial charge is 0.359 e. The quantitative estimate of drug-likeness (QED) is 0.837. The third-order valence-electron chi connectivity index (χ3n) is 2.61. The molecule has 7 heteroatoms. The van der Waals surface area contributed by atoms with Crippen molar-refractivity contribution in [2.24, 2.45) is 5.10 Å². The van der Waals surface area contributed by atoms with E-state index in [0.29, 0.717) is 5.71 Å². The zero-order chi connectivity index (χ0) is 13.5. The Hall–Kier alpha value is -2.02. The lowest BCUT2D eigenvalue weighted by atomic mass is 10.1. The Labute approximate surface area is 101 Å². The topological polar surface area (TPSA) is 73.1 Å². The lowest BCUT2D eigenvalue weighted by Gasteiger charge is -2.28. The number of aliphatic carboxylic acids is 1. The Kier molecular flexibility index (Phi) is 2.78. The molecule has 18 heavy (non-hydrogen) atoms. The van der Waals surface area contributed by atoms with Crippen molar-refractivity contribution >= 4 is 17.4 Å². The number of carboxylic acid groups (broad SMARTS) is 1. The molecular weight excluding hydrogens is 246 g/mol. The molecule has 0 saturated carbocycles. The predicted molar refractivity (Wildman–Crippen MR) is 59.1 cm³/mol. The summed E-state index contributed by atoms with van der Waals surface area (Å²) in [4.78, 5) is 11.1. The molecule has 1 aliphatic rings. The van der Waals surface area contributed by atoms with Crippen molar-refractivity contribution in [3.63, 3.8) is 0 Å². The molecule has 5 nitrogen and oxygen atoms in total. The molecule has 1 heterocycles. The fraction of sp³-hybridized carbons (Fsp3) is 0.273. The van der Waals surface area contributed by atoms with Gasteiger partial charge in [-0.25, -0.2) is 18.6 Å². The first-order valence-electron chi connectivity index (χ1n) is 5.10. The molecule has 0 bridgehead atoms. The van der Waals surface area contributed by atoms with Crippen molar-refractivity contribution < 1.29 is 23.8 Å². The highest BCUT2D eigenvalue weighted by Crippen LogP contribution is 2.32. The van der Waals surface area contributed by atoms with Gasteiger partial charge in [-0.1, -0.05) is 0 Å². The van der Waals surface area contributed by atoms with Crippen LogP contribution >= 0.6 is 0 Å². The van der Waals surface area contributed by atoms with E-state index in [4.69, 9.17) is 5.11 Å². The first-order valence-corrected chi connectivity index (χ1v) is 5.10. The summed E-state index contributed by atoms with van der Waals surface area (Å²) in [7, 11) is 0. The number of hydrogen-bond donors (Lipinski definition) is 2. The van der Waals surface area contributed by atoms with Gasteiger partial charge in [-0.15, -0.1) is 0 Å². The Morgan fingerprint density at radius 2 is 2.11 bits per heavy atom. The molecule has 0 spiro atoms. The van der Waals surface area contributed by atoms with Crippen LogP contribution in [0.5, 0.6) is 0 Å². The van der Waals surface area contributed by atoms with Gasteiger partial charge in [0.2, 0.25) is 0 Å². The molecule has 1 aromatic carbocycles. The van der Waals surface area contributed by atoms with Crippen LogP contribution < -0.4 is 5.01 Å². The van der Waals surface area contributed by atoms with Crippen LogP contribution in [-0.2, 0) is 4.79 Å².